The van der Waals surface area contributed by atoms with Crippen LogP contribution in [0.1, 0.15) is 52.4 Å². The van der Waals surface area contributed by atoms with Gasteiger partial charge in [-0.1, -0.05) is 13.3 Å². The van der Waals surface area contributed by atoms with E-state index in [1.807, 2.05) is 6.92 Å². The van der Waals surface area contributed by atoms with Gasteiger partial charge in [-0.3, -0.25) is 4.79 Å². The van der Waals surface area contributed by atoms with E-state index in [2.05, 4.69) is 0 Å². The molecule has 1 rings (SSSR count). The van der Waals surface area contributed by atoms with Crippen molar-refractivity contribution >= 4 is 5.97 Å². The minimum atomic E-state index is -4.22. The summed E-state index contributed by atoms with van der Waals surface area (Å²) in [7, 11) is 0. The first-order chi connectivity index (χ1) is 9.24. The summed E-state index contributed by atoms with van der Waals surface area (Å²) in [5, 5.41) is 10.6. The zero-order valence-electron chi connectivity index (χ0n) is 12.0. The van der Waals surface area contributed by atoms with Gasteiger partial charge in [-0.25, -0.2) is 0 Å². The standard InChI is InChI=1S/C14H23F3O3/c1-3-5-11(12(18)20-4-2)13(19)8-6-10(7-9-13)14(15,16)17/h10-11,19H,3-9H2,1-2H3. The van der Waals surface area contributed by atoms with Crippen molar-refractivity contribution in [2.24, 2.45) is 11.8 Å². The van der Waals surface area contributed by atoms with Crippen LogP contribution < -0.4 is 0 Å². The third kappa shape index (κ3) is 4.11. The molecule has 0 bridgehead atoms. The fourth-order valence-electron chi connectivity index (χ4n) is 2.93. The van der Waals surface area contributed by atoms with E-state index >= 15 is 0 Å². The Morgan fingerprint density at radius 3 is 2.30 bits per heavy atom. The third-order valence-electron chi connectivity index (χ3n) is 4.11. The third-order valence-corrected chi connectivity index (χ3v) is 4.11. The van der Waals surface area contributed by atoms with Crippen LogP contribution >= 0.6 is 0 Å². The molecular weight excluding hydrogens is 273 g/mol. The first-order valence-corrected chi connectivity index (χ1v) is 7.20. The van der Waals surface area contributed by atoms with Gasteiger partial charge in [0, 0.05) is 0 Å². The number of aliphatic hydroxyl groups is 1. The van der Waals surface area contributed by atoms with Crippen molar-refractivity contribution in [3.63, 3.8) is 0 Å². The Balaban J connectivity index is 2.74. The lowest BCUT2D eigenvalue weighted by atomic mass is 9.70. The number of carbonyl (C=O) groups excluding carboxylic acids is 1. The SMILES string of the molecule is CCCC(C(=O)OCC)C1(O)CCC(C(F)(F)F)CC1. The van der Waals surface area contributed by atoms with Crippen LogP contribution in [0.25, 0.3) is 0 Å². The summed E-state index contributed by atoms with van der Waals surface area (Å²) >= 11 is 0. The number of hydrogen-bond donors (Lipinski definition) is 1. The van der Waals surface area contributed by atoms with Crippen molar-refractivity contribution in [1.82, 2.24) is 0 Å². The van der Waals surface area contributed by atoms with E-state index in [9.17, 15) is 23.1 Å². The van der Waals surface area contributed by atoms with Crippen LogP contribution in [-0.4, -0.2) is 29.5 Å². The fraction of sp³-hybridized carbons (Fsp3) is 0.929. The zero-order valence-corrected chi connectivity index (χ0v) is 12.0. The molecule has 0 aromatic rings. The average Bonchev–Trinajstić information content (AvgIpc) is 2.35. The van der Waals surface area contributed by atoms with E-state index in [4.69, 9.17) is 4.74 Å². The van der Waals surface area contributed by atoms with Gasteiger partial charge in [-0.2, -0.15) is 13.2 Å². The summed E-state index contributed by atoms with van der Waals surface area (Å²) in [6.45, 7) is 3.75. The van der Waals surface area contributed by atoms with Crippen LogP contribution in [0.2, 0.25) is 0 Å². The molecule has 1 N–H and O–H groups in total. The number of halogens is 3. The lowest BCUT2D eigenvalue weighted by Crippen LogP contribution is -2.47. The van der Waals surface area contributed by atoms with Crippen LogP contribution in [0.5, 0.6) is 0 Å². The molecule has 1 saturated carbocycles. The van der Waals surface area contributed by atoms with Gasteiger partial charge in [0.15, 0.2) is 0 Å². The molecule has 0 spiro atoms. The maximum absolute atomic E-state index is 12.6. The van der Waals surface area contributed by atoms with Crippen molar-refractivity contribution in [1.29, 1.82) is 0 Å². The molecule has 0 heterocycles. The Kier molecular flexibility index (Phi) is 5.86. The molecule has 1 aliphatic carbocycles. The highest BCUT2D eigenvalue weighted by atomic mass is 19.4. The second-order valence-electron chi connectivity index (χ2n) is 5.51. The maximum atomic E-state index is 12.6. The molecule has 3 nitrogen and oxygen atoms in total. The van der Waals surface area contributed by atoms with Crippen LogP contribution in [0.3, 0.4) is 0 Å². The molecule has 0 saturated heterocycles. The number of esters is 1. The van der Waals surface area contributed by atoms with Crippen LogP contribution in [-0.2, 0) is 9.53 Å². The molecule has 1 aliphatic rings. The lowest BCUT2D eigenvalue weighted by molar-refractivity contribution is -0.199. The molecule has 0 aromatic heterocycles. The Morgan fingerprint density at radius 2 is 1.90 bits per heavy atom. The topological polar surface area (TPSA) is 46.5 Å². The molecule has 1 fully saturated rings. The Morgan fingerprint density at radius 1 is 1.35 bits per heavy atom. The monoisotopic (exact) mass is 296 g/mol. The van der Waals surface area contributed by atoms with E-state index in [1.54, 1.807) is 6.92 Å². The number of alkyl halides is 3. The molecule has 0 amide bonds. The predicted molar refractivity (Wildman–Crippen MR) is 68.0 cm³/mol. The van der Waals surface area contributed by atoms with E-state index in [0.717, 1.165) is 0 Å². The number of carbonyl (C=O) groups is 1. The van der Waals surface area contributed by atoms with Crippen molar-refractivity contribution < 1.29 is 27.8 Å². The maximum Gasteiger partial charge on any atom is 0.391 e. The molecule has 1 unspecified atom stereocenters. The summed E-state index contributed by atoms with van der Waals surface area (Å²) in [5.41, 5.74) is -1.36. The second-order valence-corrected chi connectivity index (χ2v) is 5.51. The normalized spacial score (nSPS) is 29.0. The fourth-order valence-corrected chi connectivity index (χ4v) is 2.93. The van der Waals surface area contributed by atoms with Crippen molar-refractivity contribution in [2.45, 2.75) is 64.1 Å². The molecule has 0 aliphatic heterocycles. The summed E-state index contributed by atoms with van der Waals surface area (Å²) in [4.78, 5) is 11.9. The molecule has 6 heteroatoms. The van der Waals surface area contributed by atoms with Crippen LogP contribution in [0, 0.1) is 11.8 Å². The highest BCUT2D eigenvalue weighted by Crippen LogP contribution is 2.44. The Hall–Kier alpha value is -0.780. The zero-order chi connectivity index (χ0) is 15.4. The van der Waals surface area contributed by atoms with E-state index in [1.165, 1.54) is 0 Å². The predicted octanol–water partition coefficient (Wildman–Crippen LogP) is 3.45. The summed E-state index contributed by atoms with van der Waals surface area (Å²) in [6.07, 6.45) is -3.35. The molecule has 0 aromatic carbocycles. The first-order valence-electron chi connectivity index (χ1n) is 7.20. The summed E-state index contributed by atoms with van der Waals surface area (Å²) in [5.74, 6) is -2.59. The Labute approximate surface area is 117 Å². The average molecular weight is 296 g/mol. The summed E-state index contributed by atoms with van der Waals surface area (Å²) < 4.78 is 42.9. The van der Waals surface area contributed by atoms with Crippen LogP contribution in [0.4, 0.5) is 13.2 Å². The van der Waals surface area contributed by atoms with Crippen molar-refractivity contribution in [2.75, 3.05) is 6.61 Å². The largest absolute Gasteiger partial charge is 0.466 e. The van der Waals surface area contributed by atoms with Gasteiger partial charge in [-0.15, -0.1) is 0 Å². The van der Waals surface area contributed by atoms with Gasteiger partial charge in [0.1, 0.15) is 0 Å². The number of hydrogen-bond acceptors (Lipinski definition) is 3. The van der Waals surface area contributed by atoms with Gasteiger partial charge >= 0.3 is 12.1 Å². The van der Waals surface area contributed by atoms with Crippen molar-refractivity contribution in [3.05, 3.63) is 0 Å². The van der Waals surface area contributed by atoms with Gasteiger partial charge in [0.2, 0.25) is 0 Å². The Bertz CT molecular complexity index is 320. The van der Waals surface area contributed by atoms with Gasteiger partial charge in [-0.05, 0) is 39.0 Å². The van der Waals surface area contributed by atoms with Crippen LogP contribution in [0.15, 0.2) is 0 Å². The second kappa shape index (κ2) is 6.78. The molecule has 0 radical (unpaired) electrons. The highest BCUT2D eigenvalue weighted by Gasteiger charge is 2.49. The van der Waals surface area contributed by atoms with E-state index in [0.29, 0.717) is 12.8 Å². The van der Waals surface area contributed by atoms with Crippen molar-refractivity contribution in [3.8, 4) is 0 Å². The number of rotatable bonds is 5. The minimum Gasteiger partial charge on any atom is -0.466 e. The summed E-state index contributed by atoms with van der Waals surface area (Å²) in [6, 6.07) is 0. The first kappa shape index (κ1) is 17.3. The quantitative estimate of drug-likeness (QED) is 0.790. The highest BCUT2D eigenvalue weighted by molar-refractivity contribution is 5.73. The van der Waals surface area contributed by atoms with Gasteiger partial charge in [0.25, 0.3) is 0 Å². The number of ether oxygens (including phenoxy) is 1. The molecule has 1 atom stereocenters. The lowest BCUT2D eigenvalue weighted by Gasteiger charge is -2.40. The molecule has 118 valence electrons. The molecule has 20 heavy (non-hydrogen) atoms. The van der Waals surface area contributed by atoms with E-state index < -0.39 is 29.6 Å². The van der Waals surface area contributed by atoms with Gasteiger partial charge < -0.3 is 9.84 Å². The van der Waals surface area contributed by atoms with Gasteiger partial charge in [0.05, 0.1) is 24.0 Å². The van der Waals surface area contributed by atoms with E-state index in [-0.39, 0.29) is 32.3 Å². The molecular formula is C14H23F3O3. The smallest absolute Gasteiger partial charge is 0.391 e. The minimum absolute atomic E-state index is 0.000652.